The zero-order valence-corrected chi connectivity index (χ0v) is 13.4. The Hall–Kier alpha value is -1.87. The molecule has 2 rings (SSSR count). The highest BCUT2D eigenvalue weighted by atomic mass is 79.9. The third-order valence-corrected chi connectivity index (χ3v) is 4.94. The fraction of sp³-hybridized carbons (Fsp3) is 0.167. The molecule has 0 saturated heterocycles. The molecule has 0 radical (unpaired) electrons. The zero-order valence-electron chi connectivity index (χ0n) is 11.0. The highest BCUT2D eigenvalue weighted by molar-refractivity contribution is 9.10. The summed E-state index contributed by atoms with van der Waals surface area (Å²) in [7, 11) is -4.01. The second-order valence-electron chi connectivity index (χ2n) is 4.29. The summed E-state index contributed by atoms with van der Waals surface area (Å²) in [5, 5.41) is 9.02. The van der Waals surface area contributed by atoms with Crippen LogP contribution in [-0.4, -0.2) is 24.5 Å². The van der Waals surface area contributed by atoms with Gasteiger partial charge in [0.25, 0.3) is 10.0 Å². The first kappa shape index (κ1) is 15.5. The number of nitrogens with zero attached hydrogens (tertiary/aromatic N) is 1. The van der Waals surface area contributed by atoms with Gasteiger partial charge in [-0.05, 0) is 31.5 Å². The van der Waals surface area contributed by atoms with Gasteiger partial charge in [-0.1, -0.05) is 15.9 Å². The lowest BCUT2D eigenvalue weighted by Gasteiger charge is -2.10. The number of benzene rings is 1. The molecule has 0 saturated carbocycles. The Bertz CT molecular complexity index is 813. The van der Waals surface area contributed by atoms with Crippen LogP contribution in [0.15, 0.2) is 32.2 Å². The molecule has 0 unspecified atom stereocenters. The first-order valence-electron chi connectivity index (χ1n) is 5.69. The van der Waals surface area contributed by atoms with E-state index in [4.69, 9.17) is 9.52 Å². The molecule has 1 aromatic heterocycles. The van der Waals surface area contributed by atoms with Crippen molar-refractivity contribution < 1.29 is 22.7 Å². The number of sulfonamides is 1. The molecule has 0 aliphatic heterocycles. The van der Waals surface area contributed by atoms with E-state index < -0.39 is 16.0 Å². The van der Waals surface area contributed by atoms with Gasteiger partial charge in [-0.15, -0.1) is 0 Å². The normalized spacial score (nSPS) is 11.4. The minimum Gasteiger partial charge on any atom is -0.478 e. The number of aromatic carboxylic acids is 1. The first-order valence-corrected chi connectivity index (χ1v) is 7.96. The summed E-state index contributed by atoms with van der Waals surface area (Å²) in [6.07, 6.45) is 1.30. The van der Waals surface area contributed by atoms with Crippen molar-refractivity contribution in [2.24, 2.45) is 0 Å². The zero-order chi connectivity index (χ0) is 15.8. The number of halogens is 1. The van der Waals surface area contributed by atoms with Crippen LogP contribution in [0.2, 0.25) is 0 Å². The number of nitrogens with one attached hydrogen (secondary N) is 1. The molecule has 2 N–H and O–H groups in total. The molecule has 21 heavy (non-hydrogen) atoms. The number of hydrogen-bond donors (Lipinski definition) is 2. The number of hydrogen-bond acceptors (Lipinski definition) is 5. The first-order chi connectivity index (χ1) is 9.70. The van der Waals surface area contributed by atoms with Crippen LogP contribution in [0.4, 0.5) is 6.01 Å². The standard InChI is InChI=1S/C12H11BrN2O5S/c1-6-5-20-12(14-6)15-21(18,19)10-4-8(11(16)17)3-9(13)7(10)2/h3-5H,1-2H3,(H,14,15)(H,16,17). The van der Waals surface area contributed by atoms with E-state index in [2.05, 4.69) is 25.6 Å². The highest BCUT2D eigenvalue weighted by Crippen LogP contribution is 2.27. The summed E-state index contributed by atoms with van der Waals surface area (Å²) < 4.78 is 32.2. The van der Waals surface area contributed by atoms with Crippen LogP contribution < -0.4 is 4.72 Å². The summed E-state index contributed by atoms with van der Waals surface area (Å²) in [5.41, 5.74) is 0.761. The average Bonchev–Trinajstić information content (AvgIpc) is 2.76. The highest BCUT2D eigenvalue weighted by Gasteiger charge is 2.23. The van der Waals surface area contributed by atoms with Gasteiger partial charge >= 0.3 is 12.0 Å². The van der Waals surface area contributed by atoms with Crippen LogP contribution in [0.25, 0.3) is 0 Å². The van der Waals surface area contributed by atoms with Crippen molar-refractivity contribution in [1.82, 2.24) is 4.98 Å². The number of carboxylic acids is 1. The molecule has 2 aromatic rings. The minimum absolute atomic E-state index is 0.142. The molecule has 7 nitrogen and oxygen atoms in total. The van der Waals surface area contributed by atoms with Gasteiger partial charge in [0.15, 0.2) is 0 Å². The van der Waals surface area contributed by atoms with Crippen molar-refractivity contribution in [2.75, 3.05) is 4.72 Å². The number of rotatable bonds is 4. The summed E-state index contributed by atoms with van der Waals surface area (Å²) >= 11 is 3.15. The lowest BCUT2D eigenvalue weighted by atomic mass is 10.1. The molecule has 0 aliphatic rings. The number of aryl methyl sites for hydroxylation is 1. The van der Waals surface area contributed by atoms with E-state index >= 15 is 0 Å². The van der Waals surface area contributed by atoms with E-state index in [0.717, 1.165) is 6.07 Å². The Balaban J connectivity index is 2.51. The smallest absolute Gasteiger partial charge is 0.335 e. The van der Waals surface area contributed by atoms with Gasteiger partial charge in [0, 0.05) is 4.47 Å². The molecule has 9 heteroatoms. The van der Waals surface area contributed by atoms with Crippen molar-refractivity contribution >= 4 is 37.9 Å². The van der Waals surface area contributed by atoms with Crippen LogP contribution in [0, 0.1) is 13.8 Å². The molecule has 0 amide bonds. The molecule has 1 aromatic carbocycles. The third kappa shape index (κ3) is 3.24. The van der Waals surface area contributed by atoms with Crippen molar-refractivity contribution in [3.05, 3.63) is 39.7 Å². The van der Waals surface area contributed by atoms with Crippen molar-refractivity contribution in [2.45, 2.75) is 18.7 Å². The minimum atomic E-state index is -4.01. The van der Waals surface area contributed by atoms with Crippen LogP contribution in [-0.2, 0) is 10.0 Å². The summed E-state index contributed by atoms with van der Waals surface area (Å²) in [4.78, 5) is 14.7. The van der Waals surface area contributed by atoms with Crippen LogP contribution in [0.5, 0.6) is 0 Å². The SMILES string of the molecule is Cc1coc(NS(=O)(=O)c2cc(C(=O)O)cc(Br)c2C)n1. The molecule has 112 valence electrons. The van der Waals surface area contributed by atoms with E-state index in [1.54, 1.807) is 13.8 Å². The summed E-state index contributed by atoms with van der Waals surface area (Å²) in [6, 6.07) is 2.25. The van der Waals surface area contributed by atoms with Crippen molar-refractivity contribution in [3.8, 4) is 0 Å². The predicted octanol–water partition coefficient (Wildman–Crippen LogP) is 2.55. The van der Waals surface area contributed by atoms with Crippen LogP contribution in [0.3, 0.4) is 0 Å². The number of anilines is 1. The third-order valence-electron chi connectivity index (χ3n) is 2.67. The molecule has 0 bridgehead atoms. The Morgan fingerprint density at radius 3 is 2.57 bits per heavy atom. The predicted molar refractivity (Wildman–Crippen MR) is 77.9 cm³/mol. The topological polar surface area (TPSA) is 110 Å². The number of carbonyl (C=O) groups is 1. The van der Waals surface area contributed by atoms with E-state index in [1.807, 2.05) is 0 Å². The van der Waals surface area contributed by atoms with Crippen LogP contribution in [0.1, 0.15) is 21.6 Å². The van der Waals surface area contributed by atoms with Gasteiger partial charge in [0.1, 0.15) is 6.26 Å². The monoisotopic (exact) mass is 374 g/mol. The average molecular weight is 375 g/mol. The second kappa shape index (κ2) is 5.49. The Morgan fingerprint density at radius 1 is 1.38 bits per heavy atom. The molecule has 0 fully saturated rings. The molecular weight excluding hydrogens is 364 g/mol. The maximum absolute atomic E-state index is 12.3. The molecule has 0 atom stereocenters. The lowest BCUT2D eigenvalue weighted by molar-refractivity contribution is 0.0696. The maximum atomic E-state index is 12.3. The number of aromatic nitrogens is 1. The maximum Gasteiger partial charge on any atom is 0.335 e. The number of carboxylic acid groups (broad SMARTS) is 1. The molecule has 0 aliphatic carbocycles. The fourth-order valence-corrected chi connectivity index (χ4v) is 3.45. The van der Waals surface area contributed by atoms with E-state index in [-0.39, 0.29) is 16.5 Å². The van der Waals surface area contributed by atoms with Crippen molar-refractivity contribution in [3.63, 3.8) is 0 Å². The Morgan fingerprint density at radius 2 is 2.05 bits per heavy atom. The fourth-order valence-electron chi connectivity index (χ4n) is 1.63. The molecule has 1 heterocycles. The Kier molecular flexibility index (Phi) is 4.06. The van der Waals surface area contributed by atoms with Crippen LogP contribution >= 0.6 is 15.9 Å². The van der Waals surface area contributed by atoms with Gasteiger partial charge in [0.2, 0.25) is 0 Å². The second-order valence-corrected chi connectivity index (χ2v) is 6.79. The van der Waals surface area contributed by atoms with Crippen molar-refractivity contribution in [1.29, 1.82) is 0 Å². The lowest BCUT2D eigenvalue weighted by Crippen LogP contribution is -2.16. The van der Waals surface area contributed by atoms with E-state index in [1.165, 1.54) is 12.3 Å². The van der Waals surface area contributed by atoms with E-state index in [0.29, 0.717) is 15.7 Å². The quantitative estimate of drug-likeness (QED) is 0.850. The van der Waals surface area contributed by atoms with Gasteiger partial charge < -0.3 is 9.52 Å². The largest absolute Gasteiger partial charge is 0.478 e. The Labute approximate surface area is 129 Å². The summed E-state index contributed by atoms with van der Waals surface area (Å²) in [6.45, 7) is 3.21. The van der Waals surface area contributed by atoms with Gasteiger partial charge in [0.05, 0.1) is 16.2 Å². The summed E-state index contributed by atoms with van der Waals surface area (Å²) in [5.74, 6) is -1.22. The van der Waals surface area contributed by atoms with Gasteiger partial charge in [-0.2, -0.15) is 4.98 Å². The molecule has 0 spiro atoms. The van der Waals surface area contributed by atoms with Gasteiger partial charge in [-0.25, -0.2) is 17.9 Å². The van der Waals surface area contributed by atoms with E-state index in [9.17, 15) is 13.2 Å². The molecular formula is C12H11BrN2O5S. The number of oxazole rings is 1. The van der Waals surface area contributed by atoms with Gasteiger partial charge in [-0.3, -0.25) is 0 Å².